The summed E-state index contributed by atoms with van der Waals surface area (Å²) in [5.41, 5.74) is 7.98. The Labute approximate surface area is 110 Å². The highest BCUT2D eigenvalue weighted by atomic mass is 16.1. The number of fused-ring (bicyclic) bond motifs is 1. The third-order valence-electron chi connectivity index (χ3n) is 2.99. The average Bonchev–Trinajstić information content (AvgIpc) is 2.75. The SMILES string of the molecule is Nc1[nH]c2ccccc2c1C(=O)Nc1ccccc1. The van der Waals surface area contributed by atoms with E-state index in [0.29, 0.717) is 11.4 Å². The van der Waals surface area contributed by atoms with E-state index in [2.05, 4.69) is 10.3 Å². The van der Waals surface area contributed by atoms with Crippen molar-refractivity contribution in [2.45, 2.75) is 0 Å². The van der Waals surface area contributed by atoms with Gasteiger partial charge in [-0.15, -0.1) is 0 Å². The minimum Gasteiger partial charge on any atom is -0.385 e. The van der Waals surface area contributed by atoms with Crippen LogP contribution in [-0.4, -0.2) is 10.9 Å². The van der Waals surface area contributed by atoms with Crippen molar-refractivity contribution in [1.82, 2.24) is 4.98 Å². The van der Waals surface area contributed by atoms with E-state index in [9.17, 15) is 4.79 Å². The Morgan fingerprint density at radius 2 is 1.68 bits per heavy atom. The predicted molar refractivity (Wildman–Crippen MR) is 77.1 cm³/mol. The molecule has 0 saturated carbocycles. The maximum Gasteiger partial charge on any atom is 0.260 e. The number of nitrogens with one attached hydrogen (secondary N) is 2. The Bertz CT molecular complexity index is 731. The van der Waals surface area contributed by atoms with Crippen LogP contribution in [0.15, 0.2) is 54.6 Å². The molecule has 4 nitrogen and oxygen atoms in total. The lowest BCUT2D eigenvalue weighted by molar-refractivity contribution is 0.102. The summed E-state index contributed by atoms with van der Waals surface area (Å²) in [7, 11) is 0. The molecular formula is C15H13N3O. The van der Waals surface area contributed by atoms with Gasteiger partial charge in [0, 0.05) is 16.6 Å². The van der Waals surface area contributed by atoms with Gasteiger partial charge in [0.15, 0.2) is 0 Å². The molecule has 0 unspecified atom stereocenters. The Kier molecular flexibility index (Phi) is 2.68. The van der Waals surface area contributed by atoms with Crippen LogP contribution in [0.3, 0.4) is 0 Å². The quantitative estimate of drug-likeness (QED) is 0.655. The van der Waals surface area contributed by atoms with Crippen molar-refractivity contribution in [1.29, 1.82) is 0 Å². The monoisotopic (exact) mass is 251 g/mol. The molecule has 0 bridgehead atoms. The van der Waals surface area contributed by atoms with E-state index in [-0.39, 0.29) is 5.91 Å². The first-order valence-corrected chi connectivity index (χ1v) is 5.98. The van der Waals surface area contributed by atoms with E-state index in [1.165, 1.54) is 0 Å². The third-order valence-corrected chi connectivity index (χ3v) is 2.99. The van der Waals surface area contributed by atoms with E-state index >= 15 is 0 Å². The highest BCUT2D eigenvalue weighted by molar-refractivity contribution is 6.16. The van der Waals surface area contributed by atoms with Crippen molar-refractivity contribution in [3.8, 4) is 0 Å². The third kappa shape index (κ3) is 2.04. The lowest BCUT2D eigenvalue weighted by Crippen LogP contribution is -2.13. The summed E-state index contributed by atoms with van der Waals surface area (Å²) in [4.78, 5) is 15.3. The molecule has 0 spiro atoms. The molecule has 0 saturated heterocycles. The minimum absolute atomic E-state index is 0.207. The van der Waals surface area contributed by atoms with Crippen LogP contribution in [0, 0.1) is 0 Å². The van der Waals surface area contributed by atoms with Crippen LogP contribution in [0.5, 0.6) is 0 Å². The van der Waals surface area contributed by atoms with Gasteiger partial charge in [-0.25, -0.2) is 0 Å². The van der Waals surface area contributed by atoms with Gasteiger partial charge in [-0.3, -0.25) is 4.79 Å². The molecule has 0 fully saturated rings. The Hall–Kier alpha value is -2.75. The first-order chi connectivity index (χ1) is 9.25. The molecule has 1 amide bonds. The number of carbonyl (C=O) groups is 1. The molecule has 94 valence electrons. The smallest absolute Gasteiger partial charge is 0.260 e. The molecule has 0 aliphatic rings. The maximum atomic E-state index is 12.3. The molecule has 4 N–H and O–H groups in total. The molecular weight excluding hydrogens is 238 g/mol. The van der Waals surface area contributed by atoms with E-state index < -0.39 is 0 Å². The van der Waals surface area contributed by atoms with E-state index in [0.717, 1.165) is 16.6 Å². The van der Waals surface area contributed by atoms with Crippen molar-refractivity contribution in [2.75, 3.05) is 11.1 Å². The zero-order valence-electron chi connectivity index (χ0n) is 10.2. The number of hydrogen-bond donors (Lipinski definition) is 3. The van der Waals surface area contributed by atoms with Crippen LogP contribution in [0.2, 0.25) is 0 Å². The average molecular weight is 251 g/mol. The molecule has 3 aromatic rings. The van der Waals surface area contributed by atoms with E-state index in [1.807, 2.05) is 54.6 Å². The van der Waals surface area contributed by atoms with Gasteiger partial charge in [0.25, 0.3) is 5.91 Å². The summed E-state index contributed by atoms with van der Waals surface area (Å²) in [5.74, 6) is 0.177. The lowest BCUT2D eigenvalue weighted by Gasteiger charge is -2.04. The van der Waals surface area contributed by atoms with Crippen LogP contribution < -0.4 is 11.1 Å². The van der Waals surface area contributed by atoms with Crippen LogP contribution in [0.25, 0.3) is 10.9 Å². The summed E-state index contributed by atoms with van der Waals surface area (Å²) in [5, 5.41) is 3.67. The van der Waals surface area contributed by atoms with Crippen molar-refractivity contribution in [3.05, 3.63) is 60.2 Å². The zero-order chi connectivity index (χ0) is 13.2. The van der Waals surface area contributed by atoms with Gasteiger partial charge >= 0.3 is 0 Å². The largest absolute Gasteiger partial charge is 0.385 e. The summed E-state index contributed by atoms with van der Waals surface area (Å²) in [6.07, 6.45) is 0. The van der Waals surface area contributed by atoms with Crippen molar-refractivity contribution in [3.63, 3.8) is 0 Å². The second kappa shape index (κ2) is 4.49. The molecule has 1 aromatic heterocycles. The molecule has 0 aliphatic carbocycles. The van der Waals surface area contributed by atoms with Gasteiger partial charge in [-0.1, -0.05) is 36.4 Å². The summed E-state index contributed by atoms with van der Waals surface area (Å²) in [6.45, 7) is 0. The van der Waals surface area contributed by atoms with E-state index in [1.54, 1.807) is 0 Å². The zero-order valence-corrected chi connectivity index (χ0v) is 10.2. The number of benzene rings is 2. The number of aromatic amines is 1. The second-order valence-corrected chi connectivity index (χ2v) is 4.28. The van der Waals surface area contributed by atoms with Crippen LogP contribution >= 0.6 is 0 Å². The molecule has 3 rings (SSSR count). The Morgan fingerprint density at radius 1 is 1.00 bits per heavy atom. The normalized spacial score (nSPS) is 10.5. The number of nitrogen functional groups attached to an aromatic ring is 1. The first-order valence-electron chi connectivity index (χ1n) is 5.98. The lowest BCUT2D eigenvalue weighted by atomic mass is 10.1. The maximum absolute atomic E-state index is 12.3. The number of aromatic nitrogens is 1. The molecule has 0 atom stereocenters. The standard InChI is InChI=1S/C15H13N3O/c16-14-13(11-8-4-5-9-12(11)18-14)15(19)17-10-6-2-1-3-7-10/h1-9,18H,16H2,(H,17,19). The number of amides is 1. The van der Waals surface area contributed by atoms with Crippen molar-refractivity contribution in [2.24, 2.45) is 0 Å². The fraction of sp³-hybridized carbons (Fsp3) is 0. The van der Waals surface area contributed by atoms with Gasteiger partial charge in [0.2, 0.25) is 0 Å². The van der Waals surface area contributed by atoms with Gasteiger partial charge in [-0.2, -0.15) is 0 Å². The molecule has 0 radical (unpaired) electrons. The molecule has 4 heteroatoms. The fourth-order valence-corrected chi connectivity index (χ4v) is 2.12. The number of nitrogens with two attached hydrogens (primary N) is 1. The van der Waals surface area contributed by atoms with Gasteiger partial charge < -0.3 is 16.0 Å². The number of hydrogen-bond acceptors (Lipinski definition) is 2. The fourth-order valence-electron chi connectivity index (χ4n) is 2.12. The number of rotatable bonds is 2. The van der Waals surface area contributed by atoms with Crippen LogP contribution in [0.4, 0.5) is 11.5 Å². The molecule has 1 heterocycles. The molecule has 0 aliphatic heterocycles. The second-order valence-electron chi connectivity index (χ2n) is 4.28. The van der Waals surface area contributed by atoms with Gasteiger partial charge in [0.1, 0.15) is 5.82 Å². The number of H-pyrrole nitrogens is 1. The summed E-state index contributed by atoms with van der Waals surface area (Å²) < 4.78 is 0. The van der Waals surface area contributed by atoms with Gasteiger partial charge in [-0.05, 0) is 18.2 Å². The predicted octanol–water partition coefficient (Wildman–Crippen LogP) is 3.00. The highest BCUT2D eigenvalue weighted by Crippen LogP contribution is 2.24. The highest BCUT2D eigenvalue weighted by Gasteiger charge is 2.16. The van der Waals surface area contributed by atoms with Crippen molar-refractivity contribution < 1.29 is 4.79 Å². The van der Waals surface area contributed by atoms with Crippen molar-refractivity contribution >= 4 is 28.3 Å². The first kappa shape index (κ1) is 11.3. The van der Waals surface area contributed by atoms with Crippen LogP contribution in [-0.2, 0) is 0 Å². The topological polar surface area (TPSA) is 70.9 Å². The van der Waals surface area contributed by atoms with Crippen LogP contribution in [0.1, 0.15) is 10.4 Å². The minimum atomic E-state index is -0.207. The summed E-state index contributed by atoms with van der Waals surface area (Å²) >= 11 is 0. The van der Waals surface area contributed by atoms with Gasteiger partial charge in [0.05, 0.1) is 5.56 Å². The molecule has 19 heavy (non-hydrogen) atoms. The number of para-hydroxylation sites is 2. The molecule has 2 aromatic carbocycles. The van der Waals surface area contributed by atoms with E-state index in [4.69, 9.17) is 5.73 Å². The number of anilines is 2. The Morgan fingerprint density at radius 3 is 2.47 bits per heavy atom. The summed E-state index contributed by atoms with van der Waals surface area (Å²) in [6, 6.07) is 16.9. The Balaban J connectivity index is 2.00. The number of carbonyl (C=O) groups excluding carboxylic acids is 1.